The summed E-state index contributed by atoms with van der Waals surface area (Å²) in [6, 6.07) is 0. The summed E-state index contributed by atoms with van der Waals surface area (Å²) in [6.07, 6.45) is -9.65. The molecule has 19 heavy (non-hydrogen) atoms. The van der Waals surface area contributed by atoms with Gasteiger partial charge in [-0.3, -0.25) is 0 Å². The lowest BCUT2D eigenvalue weighted by Crippen LogP contribution is -2.21. The van der Waals surface area contributed by atoms with Crippen LogP contribution in [0.1, 0.15) is 11.1 Å². The SMILES string of the molecule is COc1cnc(OC(F)(F)F)c(CCl)c1C(F)(F)F. The number of ether oxygens (including phenoxy) is 2. The number of pyridine rings is 1. The highest BCUT2D eigenvalue weighted by Crippen LogP contribution is 2.42. The van der Waals surface area contributed by atoms with E-state index in [0.29, 0.717) is 6.20 Å². The molecule has 0 amide bonds. The predicted octanol–water partition coefficient (Wildman–Crippen LogP) is 3.75. The molecule has 0 unspecified atom stereocenters. The molecule has 0 atom stereocenters. The average Bonchev–Trinajstić information content (AvgIpc) is 2.25. The van der Waals surface area contributed by atoms with Gasteiger partial charge in [-0.2, -0.15) is 13.2 Å². The van der Waals surface area contributed by atoms with Crippen molar-refractivity contribution >= 4 is 11.6 Å². The Morgan fingerprint density at radius 3 is 2.16 bits per heavy atom. The summed E-state index contributed by atoms with van der Waals surface area (Å²) < 4.78 is 82.4. The van der Waals surface area contributed by atoms with E-state index < -0.39 is 41.2 Å². The number of halogens is 7. The normalized spacial score (nSPS) is 12.4. The lowest BCUT2D eigenvalue weighted by molar-refractivity contribution is -0.276. The summed E-state index contributed by atoms with van der Waals surface area (Å²) in [5.74, 6) is -2.86. The van der Waals surface area contributed by atoms with Crippen molar-refractivity contribution in [2.45, 2.75) is 18.4 Å². The highest BCUT2D eigenvalue weighted by atomic mass is 35.5. The van der Waals surface area contributed by atoms with Gasteiger partial charge < -0.3 is 9.47 Å². The van der Waals surface area contributed by atoms with Gasteiger partial charge in [0.1, 0.15) is 11.3 Å². The van der Waals surface area contributed by atoms with Gasteiger partial charge in [0, 0.05) is 5.56 Å². The number of rotatable bonds is 3. The molecular weight excluding hydrogens is 304 g/mol. The van der Waals surface area contributed by atoms with E-state index in [4.69, 9.17) is 11.6 Å². The lowest BCUT2D eigenvalue weighted by atomic mass is 10.1. The molecule has 108 valence electrons. The zero-order valence-corrected chi connectivity index (χ0v) is 9.95. The molecule has 0 fully saturated rings. The van der Waals surface area contributed by atoms with E-state index in [0.717, 1.165) is 7.11 Å². The van der Waals surface area contributed by atoms with E-state index in [9.17, 15) is 26.3 Å². The molecule has 0 saturated carbocycles. The first-order valence-electron chi connectivity index (χ1n) is 4.55. The van der Waals surface area contributed by atoms with Crippen molar-refractivity contribution in [3.63, 3.8) is 0 Å². The molecule has 0 aliphatic heterocycles. The summed E-state index contributed by atoms with van der Waals surface area (Å²) in [5.41, 5.74) is -2.38. The van der Waals surface area contributed by atoms with E-state index >= 15 is 0 Å². The molecule has 1 rings (SSSR count). The van der Waals surface area contributed by atoms with Gasteiger partial charge in [-0.25, -0.2) is 4.98 Å². The number of hydrogen-bond donors (Lipinski definition) is 0. The molecule has 0 spiro atoms. The maximum absolute atomic E-state index is 12.8. The van der Waals surface area contributed by atoms with Crippen LogP contribution in [0.3, 0.4) is 0 Å². The van der Waals surface area contributed by atoms with Gasteiger partial charge in [-0.1, -0.05) is 0 Å². The van der Waals surface area contributed by atoms with Crippen LogP contribution in [-0.4, -0.2) is 18.5 Å². The summed E-state index contributed by atoms with van der Waals surface area (Å²) in [6.45, 7) is 0. The molecule has 1 aromatic rings. The molecule has 0 N–H and O–H groups in total. The summed E-state index contributed by atoms with van der Waals surface area (Å²) in [4.78, 5) is 3.13. The third-order valence-corrected chi connectivity index (χ3v) is 2.22. The van der Waals surface area contributed by atoms with Crippen LogP contribution in [0, 0.1) is 0 Å². The van der Waals surface area contributed by atoms with Gasteiger partial charge in [0.2, 0.25) is 5.88 Å². The van der Waals surface area contributed by atoms with E-state index in [-0.39, 0.29) is 0 Å². The second kappa shape index (κ2) is 5.32. The molecule has 0 aromatic carbocycles. The summed E-state index contributed by atoms with van der Waals surface area (Å²) >= 11 is 5.26. The molecule has 0 bridgehead atoms. The molecule has 10 heteroatoms. The standard InChI is InChI=1S/C9H6ClF6NO2/c1-18-5-3-17-7(19-9(14,15)16)4(2-10)6(5)8(11,12)13/h3H,2H2,1H3. The van der Waals surface area contributed by atoms with Crippen molar-refractivity contribution in [2.75, 3.05) is 7.11 Å². The van der Waals surface area contributed by atoms with Crippen LogP contribution in [0.25, 0.3) is 0 Å². The van der Waals surface area contributed by atoms with Crippen LogP contribution < -0.4 is 9.47 Å². The molecule has 1 heterocycles. The minimum absolute atomic E-state index is 0.486. The predicted molar refractivity (Wildman–Crippen MR) is 52.0 cm³/mol. The molecule has 0 aliphatic rings. The smallest absolute Gasteiger partial charge is 0.494 e. The Kier molecular flexibility index (Phi) is 4.39. The number of alkyl halides is 7. The largest absolute Gasteiger partial charge is 0.574 e. The Morgan fingerprint density at radius 1 is 1.21 bits per heavy atom. The quantitative estimate of drug-likeness (QED) is 0.629. The van der Waals surface area contributed by atoms with Gasteiger partial charge >= 0.3 is 12.5 Å². The first kappa shape index (κ1) is 15.7. The van der Waals surface area contributed by atoms with Crippen LogP contribution in [0.2, 0.25) is 0 Å². The zero-order valence-electron chi connectivity index (χ0n) is 9.19. The van der Waals surface area contributed by atoms with Crippen molar-refractivity contribution in [3.05, 3.63) is 17.3 Å². The number of nitrogens with zero attached hydrogens (tertiary/aromatic N) is 1. The summed E-state index contributed by atoms with van der Waals surface area (Å²) in [5, 5.41) is 0. The van der Waals surface area contributed by atoms with Gasteiger partial charge in [-0.15, -0.1) is 24.8 Å². The van der Waals surface area contributed by atoms with Gasteiger partial charge in [-0.05, 0) is 0 Å². The van der Waals surface area contributed by atoms with Crippen LogP contribution in [0.15, 0.2) is 6.20 Å². The summed E-state index contributed by atoms with van der Waals surface area (Å²) in [7, 11) is 0.925. The molecular formula is C9H6ClF6NO2. The zero-order chi connectivity index (χ0) is 14.8. The fraction of sp³-hybridized carbons (Fsp3) is 0.444. The highest BCUT2D eigenvalue weighted by molar-refractivity contribution is 6.17. The van der Waals surface area contributed by atoms with Crippen molar-refractivity contribution in [1.82, 2.24) is 4.98 Å². The maximum atomic E-state index is 12.8. The first-order valence-corrected chi connectivity index (χ1v) is 5.08. The Balaban J connectivity index is 3.45. The van der Waals surface area contributed by atoms with Gasteiger partial charge in [0.25, 0.3) is 0 Å². The third kappa shape index (κ3) is 3.79. The molecule has 0 radical (unpaired) electrons. The fourth-order valence-corrected chi connectivity index (χ4v) is 1.55. The van der Waals surface area contributed by atoms with Crippen LogP contribution >= 0.6 is 11.6 Å². The molecule has 0 saturated heterocycles. The Hall–Kier alpha value is -1.38. The maximum Gasteiger partial charge on any atom is 0.574 e. The van der Waals surface area contributed by atoms with E-state index in [1.807, 2.05) is 0 Å². The van der Waals surface area contributed by atoms with Crippen LogP contribution in [0.4, 0.5) is 26.3 Å². The second-order valence-corrected chi connectivity index (χ2v) is 3.43. The Morgan fingerprint density at radius 2 is 1.79 bits per heavy atom. The van der Waals surface area contributed by atoms with Crippen molar-refractivity contribution < 1.29 is 35.8 Å². The number of aromatic nitrogens is 1. The minimum atomic E-state index is -5.18. The van der Waals surface area contributed by atoms with Crippen LogP contribution in [0.5, 0.6) is 11.6 Å². The van der Waals surface area contributed by atoms with Crippen LogP contribution in [-0.2, 0) is 12.1 Å². The molecule has 3 nitrogen and oxygen atoms in total. The van der Waals surface area contributed by atoms with Gasteiger partial charge in [0.15, 0.2) is 0 Å². The Bertz CT molecular complexity index is 459. The first-order chi connectivity index (χ1) is 8.60. The molecule has 1 aromatic heterocycles. The second-order valence-electron chi connectivity index (χ2n) is 3.16. The fourth-order valence-electron chi connectivity index (χ4n) is 1.30. The van der Waals surface area contributed by atoms with Crippen molar-refractivity contribution in [2.24, 2.45) is 0 Å². The van der Waals surface area contributed by atoms with Crippen molar-refractivity contribution in [3.8, 4) is 11.6 Å². The third-order valence-electron chi connectivity index (χ3n) is 1.95. The van der Waals surface area contributed by atoms with E-state index in [1.165, 1.54) is 0 Å². The topological polar surface area (TPSA) is 31.4 Å². The highest BCUT2D eigenvalue weighted by Gasteiger charge is 2.41. The Labute approximate surface area is 108 Å². The van der Waals surface area contributed by atoms with E-state index in [2.05, 4.69) is 14.5 Å². The average molecular weight is 310 g/mol. The van der Waals surface area contributed by atoms with Gasteiger partial charge in [0.05, 0.1) is 19.2 Å². The minimum Gasteiger partial charge on any atom is -0.494 e. The number of hydrogen-bond acceptors (Lipinski definition) is 3. The van der Waals surface area contributed by atoms with E-state index in [1.54, 1.807) is 0 Å². The lowest BCUT2D eigenvalue weighted by Gasteiger charge is -2.18. The monoisotopic (exact) mass is 309 g/mol. The number of methoxy groups -OCH3 is 1. The van der Waals surface area contributed by atoms with Crippen molar-refractivity contribution in [1.29, 1.82) is 0 Å². The molecule has 0 aliphatic carbocycles.